The van der Waals surface area contributed by atoms with Crippen LogP contribution in [0.2, 0.25) is 0 Å². The van der Waals surface area contributed by atoms with Gasteiger partial charge < -0.3 is 14.4 Å². The van der Waals surface area contributed by atoms with E-state index in [1.54, 1.807) is 18.2 Å². The second-order valence-corrected chi connectivity index (χ2v) is 8.23. The highest BCUT2D eigenvalue weighted by atomic mass is 19.4. The number of carboxylic acids is 1. The lowest BCUT2D eigenvalue weighted by Crippen LogP contribution is -2.23. The van der Waals surface area contributed by atoms with Gasteiger partial charge in [-0.2, -0.15) is 13.2 Å². The van der Waals surface area contributed by atoms with Crippen LogP contribution in [-0.4, -0.2) is 17.0 Å². The minimum Gasteiger partial charge on any atom is -0.481 e. The Morgan fingerprint density at radius 1 is 1.06 bits per heavy atom. The maximum absolute atomic E-state index is 13.0. The topological polar surface area (TPSA) is 70.8 Å². The van der Waals surface area contributed by atoms with Crippen LogP contribution in [0.4, 0.5) is 18.9 Å². The zero-order chi connectivity index (χ0) is 24.7. The molecule has 1 amide bonds. The van der Waals surface area contributed by atoms with Crippen molar-refractivity contribution in [2.24, 2.45) is 0 Å². The summed E-state index contributed by atoms with van der Waals surface area (Å²) < 4.78 is 44.2. The van der Waals surface area contributed by atoms with Crippen molar-refractivity contribution < 1.29 is 32.3 Å². The molecule has 0 atom stereocenters. The van der Waals surface area contributed by atoms with E-state index < -0.39 is 17.7 Å². The third kappa shape index (κ3) is 4.30. The Morgan fingerprint density at radius 3 is 2.54 bits per heavy atom. The summed E-state index contributed by atoms with van der Waals surface area (Å²) in [5.41, 5.74) is 3.75. The van der Waals surface area contributed by atoms with Crippen LogP contribution in [0.15, 0.2) is 71.3 Å². The molecule has 3 aromatic carbocycles. The van der Waals surface area contributed by atoms with Crippen LogP contribution in [0.1, 0.15) is 38.2 Å². The van der Waals surface area contributed by atoms with Crippen molar-refractivity contribution in [2.75, 3.05) is 4.90 Å². The number of carboxylic acid groups (broad SMARTS) is 1. The largest absolute Gasteiger partial charge is 0.481 e. The molecule has 1 aromatic heterocycles. The van der Waals surface area contributed by atoms with Gasteiger partial charge in [0.05, 0.1) is 24.8 Å². The number of fused-ring (bicyclic) bond motifs is 2. The van der Waals surface area contributed by atoms with Crippen LogP contribution in [-0.2, 0) is 23.9 Å². The minimum atomic E-state index is -4.44. The van der Waals surface area contributed by atoms with Gasteiger partial charge in [-0.3, -0.25) is 9.59 Å². The first-order valence-electron chi connectivity index (χ1n) is 10.7. The molecule has 1 N–H and O–H groups in total. The Labute approximate surface area is 197 Å². The lowest BCUT2D eigenvalue weighted by atomic mass is 10.0. The molecule has 176 valence electrons. The second-order valence-electron chi connectivity index (χ2n) is 8.23. The smallest absolute Gasteiger partial charge is 0.416 e. The number of rotatable bonds is 5. The molecule has 8 heteroatoms. The predicted octanol–water partition coefficient (Wildman–Crippen LogP) is 6.41. The first-order chi connectivity index (χ1) is 16.7. The molecule has 0 saturated carbocycles. The first-order valence-corrected chi connectivity index (χ1v) is 10.7. The maximum Gasteiger partial charge on any atom is 0.416 e. The molecule has 0 saturated heterocycles. The van der Waals surface area contributed by atoms with Crippen LogP contribution in [0, 0.1) is 0 Å². The molecule has 1 aliphatic heterocycles. The van der Waals surface area contributed by atoms with E-state index in [1.165, 1.54) is 23.3 Å². The van der Waals surface area contributed by atoms with Crippen LogP contribution in [0.5, 0.6) is 0 Å². The molecule has 4 aromatic rings. The van der Waals surface area contributed by atoms with Crippen molar-refractivity contribution in [3.63, 3.8) is 0 Å². The van der Waals surface area contributed by atoms with Gasteiger partial charge >= 0.3 is 12.1 Å². The summed E-state index contributed by atoms with van der Waals surface area (Å²) in [6.45, 7) is 0.246. The molecule has 0 bridgehead atoms. The van der Waals surface area contributed by atoms with Crippen molar-refractivity contribution in [3.8, 4) is 0 Å². The number of aliphatic carboxylic acids is 1. The Morgan fingerprint density at radius 2 is 1.83 bits per heavy atom. The van der Waals surface area contributed by atoms with Crippen molar-refractivity contribution in [1.82, 2.24) is 0 Å². The summed E-state index contributed by atoms with van der Waals surface area (Å²) >= 11 is 0. The van der Waals surface area contributed by atoms with Crippen LogP contribution >= 0.6 is 0 Å². The number of furan rings is 1. The van der Waals surface area contributed by atoms with E-state index >= 15 is 0 Å². The van der Waals surface area contributed by atoms with Crippen LogP contribution in [0.3, 0.4) is 0 Å². The van der Waals surface area contributed by atoms with Gasteiger partial charge in [0.25, 0.3) is 5.91 Å². The minimum absolute atomic E-state index is 0.123. The number of halogens is 3. The lowest BCUT2D eigenvalue weighted by molar-refractivity contribution is -0.138. The fourth-order valence-corrected chi connectivity index (χ4v) is 4.24. The zero-order valence-corrected chi connectivity index (χ0v) is 18.2. The average Bonchev–Trinajstić information content (AvgIpc) is 3.37. The van der Waals surface area contributed by atoms with Crippen molar-refractivity contribution in [1.29, 1.82) is 0 Å². The highest BCUT2D eigenvalue weighted by Gasteiger charge is 2.32. The Hall–Kier alpha value is -4.33. The standard InChI is InChI=1S/C27H18F3NO4/c28-27(29,30)19-7-9-20(10-8-19)31-14-23-17(2-1-3-22(23)26(31)34)6-4-16-5-11-21-18(13-25(32)33)15-35-24(21)12-16/h1-12,15H,13-14H2,(H,32,33)/b6-4+. The summed E-state index contributed by atoms with van der Waals surface area (Å²) in [5, 5.41) is 9.75. The molecule has 1 aliphatic rings. The number of carbonyl (C=O) groups excluding carboxylic acids is 1. The first kappa shape index (κ1) is 22.5. The highest BCUT2D eigenvalue weighted by Crippen LogP contribution is 2.34. The highest BCUT2D eigenvalue weighted by molar-refractivity contribution is 6.10. The van der Waals surface area contributed by atoms with Gasteiger partial charge in [0.1, 0.15) is 5.58 Å². The molecule has 0 unspecified atom stereocenters. The number of hydrogen-bond acceptors (Lipinski definition) is 3. The zero-order valence-electron chi connectivity index (χ0n) is 18.2. The predicted molar refractivity (Wildman–Crippen MR) is 125 cm³/mol. The van der Waals surface area contributed by atoms with Crippen molar-refractivity contribution in [3.05, 3.63) is 100 Å². The van der Waals surface area contributed by atoms with E-state index in [9.17, 15) is 22.8 Å². The fourth-order valence-electron chi connectivity index (χ4n) is 4.24. The molecular formula is C27H18F3NO4. The Bertz CT molecular complexity index is 1480. The Balaban J connectivity index is 1.40. The van der Waals surface area contributed by atoms with Crippen LogP contribution < -0.4 is 4.90 Å². The van der Waals surface area contributed by atoms with E-state index in [0.29, 0.717) is 22.4 Å². The number of alkyl halides is 3. The van der Waals surface area contributed by atoms with Crippen molar-refractivity contribution >= 4 is 40.7 Å². The summed E-state index contributed by atoms with van der Waals surface area (Å²) in [5.74, 6) is -1.20. The van der Waals surface area contributed by atoms with Gasteiger partial charge in [-0.15, -0.1) is 0 Å². The number of amides is 1. The third-order valence-corrected chi connectivity index (χ3v) is 5.99. The van der Waals surface area contributed by atoms with Gasteiger partial charge in [-0.25, -0.2) is 0 Å². The molecule has 5 nitrogen and oxygen atoms in total. The normalized spacial score (nSPS) is 13.7. The van der Waals surface area contributed by atoms with Gasteiger partial charge in [-0.05, 0) is 53.1 Å². The lowest BCUT2D eigenvalue weighted by Gasteiger charge is -2.17. The molecule has 0 fully saturated rings. The summed E-state index contributed by atoms with van der Waals surface area (Å²) in [6, 6.07) is 15.4. The fraction of sp³-hybridized carbons (Fsp3) is 0.111. The van der Waals surface area contributed by atoms with E-state index in [-0.39, 0.29) is 18.9 Å². The molecule has 35 heavy (non-hydrogen) atoms. The van der Waals surface area contributed by atoms with Crippen LogP contribution in [0.25, 0.3) is 23.1 Å². The van der Waals surface area contributed by atoms with Gasteiger partial charge in [0, 0.05) is 22.2 Å². The number of carbonyl (C=O) groups is 2. The number of benzene rings is 3. The molecule has 5 rings (SSSR count). The number of nitrogens with zero attached hydrogens (tertiary/aromatic N) is 1. The SMILES string of the molecule is O=C(O)Cc1coc2cc(/C=C/c3cccc4c3CN(c3ccc(C(F)(F)F)cc3)C4=O)ccc12. The van der Waals surface area contributed by atoms with Gasteiger partial charge in [0.15, 0.2) is 0 Å². The Kier molecular flexibility index (Phi) is 5.43. The molecular weight excluding hydrogens is 459 g/mol. The van der Waals surface area contributed by atoms with Crippen molar-refractivity contribution in [2.45, 2.75) is 19.1 Å². The summed E-state index contributed by atoms with van der Waals surface area (Å²) in [6.07, 6.45) is 0.606. The summed E-state index contributed by atoms with van der Waals surface area (Å²) in [7, 11) is 0. The van der Waals surface area contributed by atoms with E-state index in [4.69, 9.17) is 9.52 Å². The average molecular weight is 477 g/mol. The summed E-state index contributed by atoms with van der Waals surface area (Å²) in [4.78, 5) is 25.4. The molecule has 0 radical (unpaired) electrons. The second kappa shape index (κ2) is 8.47. The van der Waals surface area contributed by atoms with Gasteiger partial charge in [-0.1, -0.05) is 36.4 Å². The quantitative estimate of drug-likeness (QED) is 0.337. The van der Waals surface area contributed by atoms with E-state index in [0.717, 1.165) is 34.2 Å². The molecule has 0 spiro atoms. The maximum atomic E-state index is 13.0. The van der Waals surface area contributed by atoms with E-state index in [1.807, 2.05) is 30.4 Å². The van der Waals surface area contributed by atoms with E-state index in [2.05, 4.69) is 0 Å². The molecule has 2 heterocycles. The third-order valence-electron chi connectivity index (χ3n) is 5.99. The monoisotopic (exact) mass is 477 g/mol. The molecule has 0 aliphatic carbocycles. The number of anilines is 1. The number of hydrogen-bond donors (Lipinski definition) is 1. The van der Waals surface area contributed by atoms with Gasteiger partial charge in [0.2, 0.25) is 0 Å².